The number of thiophene rings is 1. The molecule has 0 unspecified atom stereocenters. The first-order chi connectivity index (χ1) is 13.8. The molecule has 1 aromatic heterocycles. The number of hydrogen-bond donors (Lipinski definition) is 2. The summed E-state index contributed by atoms with van der Waals surface area (Å²) in [5, 5.41) is 24.9. The van der Waals surface area contributed by atoms with Crippen molar-refractivity contribution < 1.29 is 24.6 Å². The number of rotatable bonds is 7. The number of hydrogen-bond acceptors (Lipinski definition) is 7. The van der Waals surface area contributed by atoms with Crippen LogP contribution in [-0.2, 0) is 9.59 Å². The van der Waals surface area contributed by atoms with Gasteiger partial charge in [0.05, 0.1) is 10.5 Å². The van der Waals surface area contributed by atoms with E-state index >= 15 is 0 Å². The Hall–Kier alpha value is -2.69. The van der Waals surface area contributed by atoms with E-state index in [1.54, 1.807) is 6.08 Å². The van der Waals surface area contributed by atoms with Crippen LogP contribution >= 0.6 is 35.3 Å². The second kappa shape index (κ2) is 9.21. The molecule has 7 nitrogen and oxygen atoms in total. The third-order valence-corrected chi connectivity index (χ3v) is 6.17. The summed E-state index contributed by atoms with van der Waals surface area (Å²) < 4.78 is 0.454. The van der Waals surface area contributed by atoms with Gasteiger partial charge in [-0.1, -0.05) is 41.9 Å². The molecule has 0 aliphatic carbocycles. The molecule has 1 fully saturated rings. The highest BCUT2D eigenvalue weighted by molar-refractivity contribution is 8.26. The number of aromatic carboxylic acids is 1. The molecule has 2 aromatic rings. The highest BCUT2D eigenvalue weighted by Crippen LogP contribution is 2.33. The molecule has 2 heterocycles. The zero-order chi connectivity index (χ0) is 21.0. The van der Waals surface area contributed by atoms with E-state index in [2.05, 4.69) is 5.32 Å². The average molecular weight is 448 g/mol. The monoisotopic (exact) mass is 447 g/mol. The molecule has 2 amide bonds. The maximum absolute atomic E-state index is 12.5. The third kappa shape index (κ3) is 5.22. The van der Waals surface area contributed by atoms with E-state index in [1.807, 2.05) is 17.5 Å². The fraction of sp³-hybridized carbons (Fsp3) is 0.158. The number of carboxylic acid groups (broad SMARTS) is 1. The second-order valence-corrected chi connectivity index (χ2v) is 8.67. The zero-order valence-corrected chi connectivity index (χ0v) is 17.4. The predicted octanol–water partition coefficient (Wildman–Crippen LogP) is 3.14. The molecule has 1 aromatic carbocycles. The van der Waals surface area contributed by atoms with Crippen molar-refractivity contribution in [3.63, 3.8) is 0 Å². The van der Waals surface area contributed by atoms with Gasteiger partial charge in [-0.15, -0.1) is 11.3 Å². The number of carbonyl (C=O) groups excluding carboxylic acids is 2. The van der Waals surface area contributed by atoms with Crippen LogP contribution in [0.3, 0.4) is 0 Å². The molecule has 3 rings (SSSR count). The molecule has 0 spiro atoms. The van der Waals surface area contributed by atoms with Crippen LogP contribution in [0.15, 0.2) is 40.6 Å². The second-order valence-electron chi connectivity index (χ2n) is 6.02. The number of thiocarbonyl (C=S) groups is 1. The summed E-state index contributed by atoms with van der Waals surface area (Å²) in [4.78, 5) is 38.6. The molecular formula is C19H15N2O5S3-. The van der Waals surface area contributed by atoms with Gasteiger partial charge in [0, 0.05) is 23.5 Å². The van der Waals surface area contributed by atoms with Crippen LogP contribution in [0, 0.1) is 0 Å². The Morgan fingerprint density at radius 2 is 2.10 bits per heavy atom. The maximum Gasteiger partial charge on any atom is 0.335 e. The summed E-state index contributed by atoms with van der Waals surface area (Å²) in [5.74, 6) is -2.50. The fourth-order valence-corrected chi connectivity index (χ4v) is 4.62. The summed E-state index contributed by atoms with van der Waals surface area (Å²) >= 11 is 8.03. The summed E-state index contributed by atoms with van der Waals surface area (Å²) in [7, 11) is 0. The van der Waals surface area contributed by atoms with Gasteiger partial charge in [-0.25, -0.2) is 4.79 Å². The lowest BCUT2D eigenvalue weighted by atomic mass is 10.1. The lowest BCUT2D eigenvalue weighted by molar-refractivity contribution is -0.268. The number of amides is 2. The van der Waals surface area contributed by atoms with Crippen molar-refractivity contribution >= 4 is 69.2 Å². The molecule has 0 saturated carbocycles. The van der Waals surface area contributed by atoms with Crippen molar-refractivity contribution in [3.8, 4) is 5.75 Å². The number of nitrogens with zero attached hydrogens (tertiary/aromatic N) is 1. The first kappa shape index (κ1) is 21.0. The lowest BCUT2D eigenvalue weighted by Gasteiger charge is -2.15. The Labute approximate surface area is 180 Å². The van der Waals surface area contributed by atoms with Crippen LogP contribution in [-0.4, -0.2) is 38.7 Å². The normalized spacial score (nSPS) is 15.2. The molecule has 1 aliphatic rings. The van der Waals surface area contributed by atoms with Crippen LogP contribution < -0.4 is 10.4 Å². The SMILES string of the molecule is O=C(CCCN1C(=O)/C(=C\c2cccs2)SC1=S)Nc1ccc([O-])c(C(=O)O)c1. The average Bonchev–Trinajstić information content (AvgIpc) is 3.27. The highest BCUT2D eigenvalue weighted by atomic mass is 32.2. The van der Waals surface area contributed by atoms with Gasteiger partial charge in [0.15, 0.2) is 0 Å². The molecule has 2 N–H and O–H groups in total. The van der Waals surface area contributed by atoms with E-state index in [0.29, 0.717) is 22.2 Å². The van der Waals surface area contributed by atoms with E-state index in [1.165, 1.54) is 34.1 Å². The van der Waals surface area contributed by atoms with Gasteiger partial charge < -0.3 is 15.5 Å². The number of anilines is 1. The van der Waals surface area contributed by atoms with Crippen LogP contribution in [0.2, 0.25) is 0 Å². The molecule has 10 heteroatoms. The van der Waals surface area contributed by atoms with Gasteiger partial charge in [0.1, 0.15) is 4.32 Å². The number of benzene rings is 1. The number of carboxylic acids is 1. The Morgan fingerprint density at radius 3 is 2.79 bits per heavy atom. The largest absolute Gasteiger partial charge is 0.872 e. The van der Waals surface area contributed by atoms with Crippen molar-refractivity contribution in [1.82, 2.24) is 4.90 Å². The molecule has 0 atom stereocenters. The smallest absolute Gasteiger partial charge is 0.335 e. The van der Waals surface area contributed by atoms with Crippen LogP contribution in [0.5, 0.6) is 5.75 Å². The van der Waals surface area contributed by atoms with E-state index in [0.717, 1.165) is 17.0 Å². The topological polar surface area (TPSA) is 110 Å². The number of thioether (sulfide) groups is 1. The van der Waals surface area contributed by atoms with E-state index in [-0.39, 0.29) is 23.9 Å². The van der Waals surface area contributed by atoms with E-state index < -0.39 is 17.3 Å². The van der Waals surface area contributed by atoms with Crippen molar-refractivity contribution in [1.29, 1.82) is 0 Å². The third-order valence-electron chi connectivity index (χ3n) is 3.97. The van der Waals surface area contributed by atoms with Gasteiger partial charge in [0.25, 0.3) is 5.91 Å². The molecule has 150 valence electrons. The van der Waals surface area contributed by atoms with Gasteiger partial charge in [-0.3, -0.25) is 14.5 Å². The maximum atomic E-state index is 12.5. The lowest BCUT2D eigenvalue weighted by Crippen LogP contribution is -2.29. The minimum Gasteiger partial charge on any atom is -0.872 e. The van der Waals surface area contributed by atoms with Crippen molar-refractivity contribution in [2.45, 2.75) is 12.8 Å². The Kier molecular flexibility index (Phi) is 6.68. The summed E-state index contributed by atoms with van der Waals surface area (Å²) in [6, 6.07) is 7.39. The van der Waals surface area contributed by atoms with Crippen LogP contribution in [0.4, 0.5) is 5.69 Å². The van der Waals surface area contributed by atoms with Crippen molar-refractivity contribution in [2.24, 2.45) is 0 Å². The fourth-order valence-electron chi connectivity index (χ4n) is 2.59. The summed E-state index contributed by atoms with van der Waals surface area (Å²) in [6.45, 7) is 0.305. The minimum absolute atomic E-state index is 0.114. The van der Waals surface area contributed by atoms with Crippen molar-refractivity contribution in [3.05, 3.63) is 51.1 Å². The molecule has 29 heavy (non-hydrogen) atoms. The van der Waals surface area contributed by atoms with Crippen LogP contribution in [0.1, 0.15) is 28.1 Å². The molecular weight excluding hydrogens is 432 g/mol. The molecule has 1 aliphatic heterocycles. The minimum atomic E-state index is -1.35. The Morgan fingerprint density at radius 1 is 1.31 bits per heavy atom. The standard InChI is InChI=1S/C19H16N2O5S3/c22-14-6-5-11(9-13(14)18(25)26)20-16(23)4-1-7-21-17(24)15(29-19(21)27)10-12-3-2-8-28-12/h2-3,5-6,8-10,22H,1,4,7H2,(H,20,23)(H,25,26)/p-1/b15-10+. The first-order valence-electron chi connectivity index (χ1n) is 8.48. The Bertz CT molecular complexity index is 1000. The number of carbonyl (C=O) groups is 3. The zero-order valence-electron chi connectivity index (χ0n) is 14.9. The summed E-state index contributed by atoms with van der Waals surface area (Å²) in [5.41, 5.74) is -0.172. The van der Waals surface area contributed by atoms with Gasteiger partial charge in [-0.2, -0.15) is 0 Å². The molecule has 0 radical (unpaired) electrons. The highest BCUT2D eigenvalue weighted by Gasteiger charge is 2.31. The molecule has 0 bridgehead atoms. The van der Waals surface area contributed by atoms with Crippen LogP contribution in [0.25, 0.3) is 6.08 Å². The van der Waals surface area contributed by atoms with Gasteiger partial charge >= 0.3 is 5.97 Å². The predicted molar refractivity (Wildman–Crippen MR) is 115 cm³/mol. The molecule has 1 saturated heterocycles. The summed E-state index contributed by atoms with van der Waals surface area (Å²) in [6.07, 6.45) is 2.30. The van der Waals surface area contributed by atoms with E-state index in [9.17, 15) is 19.5 Å². The quantitative estimate of drug-likeness (QED) is 0.496. The number of nitrogens with one attached hydrogen (secondary N) is 1. The van der Waals surface area contributed by atoms with Crippen molar-refractivity contribution in [2.75, 3.05) is 11.9 Å². The Balaban J connectivity index is 1.53. The van der Waals surface area contributed by atoms with E-state index in [4.69, 9.17) is 17.3 Å². The van der Waals surface area contributed by atoms with Gasteiger partial charge in [-0.05, 0) is 36.1 Å². The first-order valence-corrected chi connectivity index (χ1v) is 10.6. The van der Waals surface area contributed by atoms with Gasteiger partial charge in [0.2, 0.25) is 5.91 Å².